The van der Waals surface area contributed by atoms with Crippen molar-refractivity contribution >= 4 is 15.6 Å². The second kappa shape index (κ2) is 9.59. The average Bonchev–Trinajstić information content (AvgIpc) is 3.35. The highest BCUT2D eigenvalue weighted by atomic mass is 32.2. The number of sulfone groups is 1. The van der Waals surface area contributed by atoms with Crippen LogP contribution in [-0.4, -0.2) is 45.5 Å². The fourth-order valence-electron chi connectivity index (χ4n) is 3.52. The fourth-order valence-corrected chi connectivity index (χ4v) is 4.89. The Bertz CT molecular complexity index is 1460. The van der Waals surface area contributed by atoms with Crippen LogP contribution in [0.15, 0.2) is 76.7 Å². The predicted octanol–water partition coefficient (Wildman–Crippen LogP) is 4.31. The molecule has 0 spiro atoms. The van der Waals surface area contributed by atoms with Crippen LogP contribution in [0.5, 0.6) is 17.2 Å². The van der Waals surface area contributed by atoms with Crippen LogP contribution >= 0.6 is 0 Å². The average molecular weight is 497 g/mol. The molecule has 35 heavy (non-hydrogen) atoms. The Balaban J connectivity index is 1.94. The number of H-pyrrole nitrogens is 1. The molecule has 0 atom stereocenters. The molecule has 3 aromatic carbocycles. The summed E-state index contributed by atoms with van der Waals surface area (Å²) in [4.78, 5) is 20.4. The van der Waals surface area contributed by atoms with Gasteiger partial charge in [0, 0.05) is 11.1 Å². The molecule has 8 nitrogen and oxygen atoms in total. The molecule has 0 unspecified atom stereocenters. The number of carbonyl (C=O) groups excluding carboxylic acids is 1. The topological polar surface area (TPSA) is 108 Å². The summed E-state index contributed by atoms with van der Waals surface area (Å²) in [6, 6.07) is 15.6. The lowest BCUT2D eigenvalue weighted by Crippen LogP contribution is -2.11. The van der Waals surface area contributed by atoms with Crippen LogP contribution in [-0.2, 0) is 9.84 Å². The van der Waals surface area contributed by atoms with Gasteiger partial charge in [-0.05, 0) is 48.5 Å². The monoisotopic (exact) mass is 496 g/mol. The highest BCUT2D eigenvalue weighted by molar-refractivity contribution is 7.91. The normalized spacial score (nSPS) is 11.2. The highest BCUT2D eigenvalue weighted by Crippen LogP contribution is 2.41. The van der Waals surface area contributed by atoms with Crippen molar-refractivity contribution in [2.45, 2.75) is 9.92 Å². The Morgan fingerprint density at radius 1 is 0.886 bits per heavy atom. The molecule has 10 heteroatoms. The van der Waals surface area contributed by atoms with Gasteiger partial charge in [0.05, 0.1) is 26.2 Å². The molecule has 0 saturated carbocycles. The van der Waals surface area contributed by atoms with E-state index in [1.54, 1.807) is 30.3 Å². The van der Waals surface area contributed by atoms with Gasteiger partial charge in [-0.2, -0.15) is 0 Å². The van der Waals surface area contributed by atoms with Gasteiger partial charge in [-0.25, -0.2) is 17.8 Å². The first-order valence-electron chi connectivity index (χ1n) is 10.3. The van der Waals surface area contributed by atoms with E-state index in [-0.39, 0.29) is 27.0 Å². The number of aromatic nitrogens is 2. The maximum Gasteiger partial charge on any atom is 0.224 e. The smallest absolute Gasteiger partial charge is 0.224 e. The quantitative estimate of drug-likeness (QED) is 0.362. The zero-order valence-electron chi connectivity index (χ0n) is 19.0. The molecule has 1 aromatic heterocycles. The number of halogens is 1. The number of methoxy groups -OCH3 is 3. The van der Waals surface area contributed by atoms with Gasteiger partial charge in [-0.15, -0.1) is 0 Å². The lowest BCUT2D eigenvalue weighted by atomic mass is 10.1. The summed E-state index contributed by atoms with van der Waals surface area (Å²) in [6.07, 6.45) is 0. The number of ketones is 1. The molecule has 1 N–H and O–H groups in total. The summed E-state index contributed by atoms with van der Waals surface area (Å²) in [6.45, 7) is 0. The lowest BCUT2D eigenvalue weighted by molar-refractivity contribution is 0.103. The molecule has 0 aliphatic carbocycles. The number of ether oxygens (including phenoxy) is 3. The van der Waals surface area contributed by atoms with Gasteiger partial charge in [-0.3, -0.25) is 4.79 Å². The Kier molecular flexibility index (Phi) is 6.57. The standard InChI is InChI=1S/C25H21FN2O6S/c1-32-19-13-16(14-20(33-2)23(19)34-3)24-27-21(22(29)15-9-11-17(26)12-10-15)25(28-24)35(30,31)18-7-5-4-6-8-18/h4-14H,1-3H3,(H,27,28). The van der Waals surface area contributed by atoms with Crippen molar-refractivity contribution in [3.05, 3.63) is 83.8 Å². The van der Waals surface area contributed by atoms with Gasteiger partial charge in [-0.1, -0.05) is 18.2 Å². The van der Waals surface area contributed by atoms with Crippen LogP contribution in [0.25, 0.3) is 11.4 Å². The summed E-state index contributed by atoms with van der Waals surface area (Å²) in [5.74, 6) is -0.156. The molecule has 0 fully saturated rings. The molecule has 0 saturated heterocycles. The van der Waals surface area contributed by atoms with Crippen molar-refractivity contribution in [3.63, 3.8) is 0 Å². The number of nitrogens with zero attached hydrogens (tertiary/aromatic N) is 1. The van der Waals surface area contributed by atoms with Crippen LogP contribution in [0, 0.1) is 5.82 Å². The van der Waals surface area contributed by atoms with Gasteiger partial charge in [0.1, 0.15) is 17.3 Å². The Morgan fingerprint density at radius 2 is 1.49 bits per heavy atom. The van der Waals surface area contributed by atoms with E-state index < -0.39 is 21.4 Å². The summed E-state index contributed by atoms with van der Waals surface area (Å²) in [5, 5.41) is -0.387. The second-order valence-corrected chi connectivity index (χ2v) is 9.22. The molecule has 0 aliphatic rings. The first-order valence-corrected chi connectivity index (χ1v) is 11.8. The van der Waals surface area contributed by atoms with Crippen LogP contribution in [0.3, 0.4) is 0 Å². The Labute approximate surface area is 201 Å². The van der Waals surface area contributed by atoms with Crippen molar-refractivity contribution in [1.29, 1.82) is 0 Å². The fraction of sp³-hybridized carbons (Fsp3) is 0.120. The first-order chi connectivity index (χ1) is 16.8. The molecule has 180 valence electrons. The third-order valence-electron chi connectivity index (χ3n) is 5.25. The van der Waals surface area contributed by atoms with Gasteiger partial charge in [0.15, 0.2) is 16.5 Å². The van der Waals surface area contributed by atoms with E-state index in [1.165, 1.54) is 45.6 Å². The molecule has 0 amide bonds. The van der Waals surface area contributed by atoms with Crippen LogP contribution in [0.4, 0.5) is 4.39 Å². The van der Waals surface area contributed by atoms with Crippen LogP contribution < -0.4 is 14.2 Å². The zero-order chi connectivity index (χ0) is 25.2. The van der Waals surface area contributed by atoms with Crippen molar-refractivity contribution in [2.24, 2.45) is 0 Å². The molecule has 4 aromatic rings. The molecule has 0 bridgehead atoms. The number of hydrogen-bond acceptors (Lipinski definition) is 7. The van der Waals surface area contributed by atoms with Gasteiger partial charge in [0.2, 0.25) is 21.4 Å². The third-order valence-corrected chi connectivity index (χ3v) is 6.98. The van der Waals surface area contributed by atoms with E-state index in [1.807, 2.05) is 0 Å². The van der Waals surface area contributed by atoms with E-state index in [4.69, 9.17) is 14.2 Å². The number of benzene rings is 3. The van der Waals surface area contributed by atoms with Gasteiger partial charge >= 0.3 is 0 Å². The van der Waals surface area contributed by atoms with Gasteiger partial charge in [0.25, 0.3) is 0 Å². The molecular formula is C25H21FN2O6S. The molecule has 0 aliphatic heterocycles. The number of nitrogens with one attached hydrogen (secondary N) is 1. The minimum absolute atomic E-state index is 0.0201. The summed E-state index contributed by atoms with van der Waals surface area (Å²) in [5.41, 5.74) is 0.144. The Hall–Kier alpha value is -4.18. The van der Waals surface area contributed by atoms with Crippen LogP contribution in [0.1, 0.15) is 16.1 Å². The number of imidazole rings is 1. The van der Waals surface area contributed by atoms with E-state index >= 15 is 0 Å². The maximum absolute atomic E-state index is 13.5. The van der Waals surface area contributed by atoms with E-state index in [0.717, 1.165) is 12.1 Å². The molecule has 1 heterocycles. The van der Waals surface area contributed by atoms with Crippen LogP contribution in [0.2, 0.25) is 0 Å². The third kappa shape index (κ3) is 4.47. The van der Waals surface area contributed by atoms with Crippen molar-refractivity contribution < 1.29 is 31.8 Å². The molecule has 0 radical (unpaired) electrons. The van der Waals surface area contributed by atoms with Crippen molar-refractivity contribution in [1.82, 2.24) is 9.97 Å². The Morgan fingerprint density at radius 3 is 2.03 bits per heavy atom. The van der Waals surface area contributed by atoms with E-state index in [2.05, 4.69) is 9.97 Å². The largest absolute Gasteiger partial charge is 0.493 e. The molecular weight excluding hydrogens is 475 g/mol. The number of carbonyl (C=O) groups is 1. The number of rotatable bonds is 8. The van der Waals surface area contributed by atoms with Crippen molar-refractivity contribution in [3.8, 4) is 28.6 Å². The predicted molar refractivity (Wildman–Crippen MR) is 125 cm³/mol. The summed E-state index contributed by atoms with van der Waals surface area (Å²) in [7, 11) is 0.178. The zero-order valence-corrected chi connectivity index (χ0v) is 19.9. The maximum atomic E-state index is 13.5. The summed E-state index contributed by atoms with van der Waals surface area (Å²) >= 11 is 0. The van der Waals surface area contributed by atoms with E-state index in [0.29, 0.717) is 22.8 Å². The SMILES string of the molecule is COc1cc(-c2nc(C(=O)c3ccc(F)cc3)c(S(=O)(=O)c3ccccc3)[nH]2)cc(OC)c1OC. The summed E-state index contributed by atoms with van der Waals surface area (Å²) < 4.78 is 56.5. The second-order valence-electron chi connectivity index (χ2n) is 7.33. The van der Waals surface area contributed by atoms with Gasteiger partial charge < -0.3 is 19.2 Å². The van der Waals surface area contributed by atoms with Crippen molar-refractivity contribution in [2.75, 3.05) is 21.3 Å². The number of hydrogen-bond donors (Lipinski definition) is 1. The lowest BCUT2D eigenvalue weighted by Gasteiger charge is -2.13. The minimum atomic E-state index is -4.16. The molecule has 4 rings (SSSR count). The first kappa shape index (κ1) is 24.0. The minimum Gasteiger partial charge on any atom is -0.493 e. The highest BCUT2D eigenvalue weighted by Gasteiger charge is 2.30. The van der Waals surface area contributed by atoms with E-state index in [9.17, 15) is 17.6 Å². The number of aromatic amines is 1.